The minimum Gasteiger partial charge on any atom is -0.397 e. The molecule has 1 aromatic heterocycles. The van der Waals surface area contributed by atoms with E-state index in [1.54, 1.807) is 18.3 Å². The first-order valence-corrected chi connectivity index (χ1v) is 7.60. The fourth-order valence-electron chi connectivity index (χ4n) is 1.42. The highest BCUT2D eigenvalue weighted by Gasteiger charge is 2.06. The van der Waals surface area contributed by atoms with Crippen LogP contribution in [0.4, 0.5) is 11.4 Å². The van der Waals surface area contributed by atoms with E-state index in [9.17, 15) is 4.79 Å². The summed E-state index contributed by atoms with van der Waals surface area (Å²) >= 11 is 3.53. The monoisotopic (exact) mass is 385 g/mol. The van der Waals surface area contributed by atoms with Gasteiger partial charge in [0.15, 0.2) is 0 Å². The molecule has 1 heterocycles. The van der Waals surface area contributed by atoms with Gasteiger partial charge in [-0.05, 0) is 52.9 Å². The summed E-state index contributed by atoms with van der Waals surface area (Å²) in [7, 11) is 0. The van der Waals surface area contributed by atoms with Crippen LogP contribution in [-0.2, 0) is 4.79 Å². The fraction of sp³-hybridized carbons (Fsp3) is 0.0769. The van der Waals surface area contributed by atoms with E-state index in [0.29, 0.717) is 10.7 Å². The van der Waals surface area contributed by atoms with Gasteiger partial charge in [-0.15, -0.1) is 0 Å². The summed E-state index contributed by atoms with van der Waals surface area (Å²) in [6, 6.07) is 11.2. The van der Waals surface area contributed by atoms with E-state index >= 15 is 0 Å². The van der Waals surface area contributed by atoms with Gasteiger partial charge >= 0.3 is 0 Å². The molecule has 0 saturated carbocycles. The van der Waals surface area contributed by atoms with Crippen LogP contribution in [0.1, 0.15) is 0 Å². The minimum absolute atomic E-state index is 0.0722. The Morgan fingerprint density at radius 2 is 2.21 bits per heavy atom. The number of rotatable bonds is 4. The van der Waals surface area contributed by atoms with Gasteiger partial charge in [-0.1, -0.05) is 17.8 Å². The first kappa shape index (κ1) is 14.1. The van der Waals surface area contributed by atoms with E-state index in [0.717, 1.165) is 9.26 Å². The van der Waals surface area contributed by atoms with Gasteiger partial charge in [0.25, 0.3) is 0 Å². The third kappa shape index (κ3) is 4.39. The second-order valence-electron chi connectivity index (χ2n) is 3.74. The van der Waals surface area contributed by atoms with Crippen molar-refractivity contribution in [3.05, 3.63) is 46.2 Å². The molecule has 0 bridgehead atoms. The molecule has 0 aliphatic heterocycles. The summed E-state index contributed by atoms with van der Waals surface area (Å²) in [5.74, 6) is 0.212. The Kier molecular flexibility index (Phi) is 5.03. The summed E-state index contributed by atoms with van der Waals surface area (Å²) in [5, 5.41) is 3.52. The molecule has 4 nitrogen and oxygen atoms in total. The standard InChI is InChI=1S/C13H12IN3OS/c14-9-3-1-4-10(7-9)17-12(18)8-19-13-11(15)5-2-6-16-13/h1-7H,8,15H2,(H,17,18). The molecule has 0 fully saturated rings. The number of aromatic nitrogens is 1. The summed E-state index contributed by atoms with van der Waals surface area (Å²) in [6.07, 6.45) is 1.66. The highest BCUT2D eigenvalue weighted by Crippen LogP contribution is 2.21. The number of thioether (sulfide) groups is 1. The van der Waals surface area contributed by atoms with Crippen LogP contribution in [-0.4, -0.2) is 16.6 Å². The molecule has 0 radical (unpaired) electrons. The molecule has 0 aliphatic carbocycles. The van der Waals surface area contributed by atoms with E-state index in [1.165, 1.54) is 11.8 Å². The zero-order valence-electron chi connectivity index (χ0n) is 9.97. The van der Waals surface area contributed by atoms with Crippen LogP contribution < -0.4 is 11.1 Å². The van der Waals surface area contributed by atoms with Gasteiger partial charge in [-0.2, -0.15) is 0 Å². The van der Waals surface area contributed by atoms with Crippen LogP contribution in [0.25, 0.3) is 0 Å². The van der Waals surface area contributed by atoms with Gasteiger partial charge in [0.05, 0.1) is 11.4 Å². The smallest absolute Gasteiger partial charge is 0.234 e. The lowest BCUT2D eigenvalue weighted by Crippen LogP contribution is -2.14. The summed E-state index contributed by atoms with van der Waals surface area (Å²) in [4.78, 5) is 15.9. The van der Waals surface area contributed by atoms with Crippen molar-refractivity contribution in [2.24, 2.45) is 0 Å². The van der Waals surface area contributed by atoms with Crippen molar-refractivity contribution in [3.63, 3.8) is 0 Å². The number of halogens is 1. The Morgan fingerprint density at radius 1 is 1.37 bits per heavy atom. The number of amides is 1. The van der Waals surface area contributed by atoms with Crippen molar-refractivity contribution >= 4 is 51.6 Å². The van der Waals surface area contributed by atoms with Crippen LogP contribution in [0.15, 0.2) is 47.6 Å². The molecular weight excluding hydrogens is 373 g/mol. The van der Waals surface area contributed by atoms with Gasteiger partial charge < -0.3 is 11.1 Å². The third-order valence-corrected chi connectivity index (χ3v) is 3.94. The second kappa shape index (κ2) is 6.76. The predicted molar refractivity (Wildman–Crippen MR) is 87.2 cm³/mol. The number of anilines is 2. The number of nitrogens with two attached hydrogens (primary N) is 1. The molecule has 0 saturated heterocycles. The Morgan fingerprint density at radius 3 is 2.95 bits per heavy atom. The molecule has 0 unspecified atom stereocenters. The topological polar surface area (TPSA) is 68.0 Å². The predicted octanol–water partition coefficient (Wildman–Crippen LogP) is 3.00. The molecule has 2 rings (SSSR count). The summed E-state index contributed by atoms with van der Waals surface area (Å²) in [5.41, 5.74) is 7.15. The number of pyridine rings is 1. The first-order valence-electron chi connectivity index (χ1n) is 5.54. The van der Waals surface area contributed by atoms with Crippen molar-refractivity contribution in [1.82, 2.24) is 4.98 Å². The lowest BCUT2D eigenvalue weighted by molar-refractivity contribution is -0.113. The van der Waals surface area contributed by atoms with Crippen molar-refractivity contribution in [3.8, 4) is 0 Å². The van der Waals surface area contributed by atoms with Gasteiger partial charge in [0, 0.05) is 15.5 Å². The molecule has 3 N–H and O–H groups in total. The number of hydrogen-bond acceptors (Lipinski definition) is 4. The first-order chi connectivity index (χ1) is 9.15. The largest absolute Gasteiger partial charge is 0.397 e. The normalized spacial score (nSPS) is 10.2. The Balaban J connectivity index is 1.90. The van der Waals surface area contributed by atoms with Gasteiger partial charge in [-0.25, -0.2) is 4.98 Å². The summed E-state index contributed by atoms with van der Waals surface area (Å²) < 4.78 is 1.08. The van der Waals surface area contributed by atoms with Crippen LogP contribution >= 0.6 is 34.4 Å². The van der Waals surface area contributed by atoms with Crippen molar-refractivity contribution in [1.29, 1.82) is 0 Å². The molecule has 1 amide bonds. The quantitative estimate of drug-likeness (QED) is 0.627. The zero-order valence-corrected chi connectivity index (χ0v) is 12.9. The Labute approximate surface area is 129 Å². The average molecular weight is 385 g/mol. The van der Waals surface area contributed by atoms with Gasteiger partial charge in [-0.3, -0.25) is 4.79 Å². The molecule has 0 aliphatic rings. The van der Waals surface area contributed by atoms with Crippen molar-refractivity contribution < 1.29 is 4.79 Å². The van der Waals surface area contributed by atoms with E-state index in [4.69, 9.17) is 5.73 Å². The molecule has 98 valence electrons. The maximum atomic E-state index is 11.8. The summed E-state index contributed by atoms with van der Waals surface area (Å²) in [6.45, 7) is 0. The zero-order chi connectivity index (χ0) is 13.7. The molecular formula is C13H12IN3OS. The number of nitrogens with one attached hydrogen (secondary N) is 1. The SMILES string of the molecule is Nc1cccnc1SCC(=O)Nc1cccc(I)c1. The highest BCUT2D eigenvalue weighted by molar-refractivity contribution is 14.1. The lowest BCUT2D eigenvalue weighted by Gasteiger charge is -2.06. The number of carbonyl (C=O) groups is 1. The number of hydrogen-bond donors (Lipinski definition) is 2. The molecule has 2 aromatic rings. The maximum absolute atomic E-state index is 11.8. The molecule has 19 heavy (non-hydrogen) atoms. The number of nitrogen functional groups attached to an aromatic ring is 1. The van der Waals surface area contributed by atoms with E-state index < -0.39 is 0 Å². The maximum Gasteiger partial charge on any atom is 0.234 e. The van der Waals surface area contributed by atoms with E-state index in [2.05, 4.69) is 32.9 Å². The van der Waals surface area contributed by atoms with E-state index in [-0.39, 0.29) is 11.7 Å². The highest BCUT2D eigenvalue weighted by atomic mass is 127. The van der Waals surface area contributed by atoms with Gasteiger partial charge in [0.2, 0.25) is 5.91 Å². The van der Waals surface area contributed by atoms with Crippen LogP contribution in [0, 0.1) is 3.57 Å². The van der Waals surface area contributed by atoms with Crippen LogP contribution in [0.3, 0.4) is 0 Å². The molecule has 0 spiro atoms. The average Bonchev–Trinajstić information content (AvgIpc) is 2.38. The van der Waals surface area contributed by atoms with Crippen molar-refractivity contribution in [2.45, 2.75) is 5.03 Å². The Hall–Kier alpha value is -1.28. The molecule has 6 heteroatoms. The number of nitrogens with zero attached hydrogens (tertiary/aromatic N) is 1. The third-order valence-electron chi connectivity index (χ3n) is 2.25. The molecule has 1 aromatic carbocycles. The van der Waals surface area contributed by atoms with E-state index in [1.807, 2.05) is 24.3 Å². The minimum atomic E-state index is -0.0722. The van der Waals surface area contributed by atoms with Crippen molar-refractivity contribution in [2.75, 3.05) is 16.8 Å². The Bertz CT molecular complexity index is 592. The lowest BCUT2D eigenvalue weighted by atomic mass is 10.3. The van der Waals surface area contributed by atoms with Crippen LogP contribution in [0.2, 0.25) is 0 Å². The number of carbonyl (C=O) groups excluding carboxylic acids is 1. The number of benzene rings is 1. The fourth-order valence-corrected chi connectivity index (χ4v) is 2.67. The van der Waals surface area contributed by atoms with Crippen LogP contribution in [0.5, 0.6) is 0 Å². The second-order valence-corrected chi connectivity index (χ2v) is 5.95. The molecule has 0 atom stereocenters. The van der Waals surface area contributed by atoms with Gasteiger partial charge in [0.1, 0.15) is 5.03 Å².